The van der Waals surface area contributed by atoms with E-state index in [1.165, 1.54) is 17.3 Å². The molecule has 2 atom stereocenters. The van der Waals surface area contributed by atoms with Crippen LogP contribution in [0.15, 0.2) is 24.3 Å². The van der Waals surface area contributed by atoms with Gasteiger partial charge < -0.3 is 9.47 Å². The minimum absolute atomic E-state index is 0.0766. The molecule has 2 aliphatic rings. The van der Waals surface area contributed by atoms with Crippen LogP contribution in [0.5, 0.6) is 0 Å². The average Bonchev–Trinajstić information content (AvgIpc) is 3.16. The number of hydrogen-bond acceptors (Lipinski definition) is 8. The number of anilines is 1. The Hall–Kier alpha value is -2.65. The average molecular weight is 480 g/mol. The van der Waals surface area contributed by atoms with Crippen LogP contribution in [0.25, 0.3) is 0 Å². The predicted molar refractivity (Wildman–Crippen MR) is 121 cm³/mol. The second-order valence-corrected chi connectivity index (χ2v) is 10.8. The molecule has 2 aliphatic heterocycles. The van der Waals surface area contributed by atoms with E-state index in [1.54, 1.807) is 24.3 Å². The molecule has 1 aromatic carbocycles. The molecule has 0 radical (unpaired) electrons. The number of hydrogen-bond donors (Lipinski definition) is 2. The summed E-state index contributed by atoms with van der Waals surface area (Å²) in [4.78, 5) is 28.1. The maximum Gasteiger partial charge on any atom is 0.414 e. The van der Waals surface area contributed by atoms with Gasteiger partial charge >= 0.3 is 6.09 Å². The fourth-order valence-corrected chi connectivity index (χ4v) is 4.60. The van der Waals surface area contributed by atoms with Gasteiger partial charge in [-0.15, -0.1) is 0 Å². The summed E-state index contributed by atoms with van der Waals surface area (Å²) in [6, 6.07) is 7.09. The van der Waals surface area contributed by atoms with E-state index in [4.69, 9.17) is 14.7 Å². The van der Waals surface area contributed by atoms with Gasteiger partial charge in [0.1, 0.15) is 6.10 Å². The summed E-state index contributed by atoms with van der Waals surface area (Å²) in [7, 11) is -3.89. The monoisotopic (exact) mass is 479 g/mol. The van der Waals surface area contributed by atoms with Crippen molar-refractivity contribution in [3.63, 3.8) is 0 Å². The largest absolute Gasteiger partial charge is 0.444 e. The van der Waals surface area contributed by atoms with Crippen molar-refractivity contribution in [2.75, 3.05) is 50.5 Å². The smallest absolute Gasteiger partial charge is 0.414 e. The van der Waals surface area contributed by atoms with Crippen molar-refractivity contribution >= 4 is 27.5 Å². The summed E-state index contributed by atoms with van der Waals surface area (Å²) >= 11 is 0. The van der Waals surface area contributed by atoms with Crippen LogP contribution in [0.2, 0.25) is 0 Å². The van der Waals surface area contributed by atoms with Gasteiger partial charge in [-0.3, -0.25) is 19.8 Å². The molecule has 2 amide bonds. The van der Waals surface area contributed by atoms with Crippen molar-refractivity contribution in [1.82, 2.24) is 10.4 Å². The molecule has 10 nitrogen and oxygen atoms in total. The molecule has 0 spiro atoms. The molecule has 2 saturated heterocycles. The Balaban J connectivity index is 1.60. The Kier molecular flexibility index (Phi) is 7.97. The Labute approximate surface area is 193 Å². The van der Waals surface area contributed by atoms with Crippen molar-refractivity contribution in [1.29, 1.82) is 0 Å². The minimum Gasteiger partial charge on any atom is -0.444 e. The van der Waals surface area contributed by atoms with Crippen molar-refractivity contribution < 1.29 is 32.7 Å². The van der Waals surface area contributed by atoms with Gasteiger partial charge in [0.25, 0.3) is 5.91 Å². The Bertz CT molecular complexity index is 1030. The lowest BCUT2D eigenvalue weighted by Crippen LogP contribution is -2.51. The summed E-state index contributed by atoms with van der Waals surface area (Å²) in [5.74, 6) is 5.19. The van der Waals surface area contributed by atoms with Crippen LogP contribution < -0.4 is 10.4 Å². The maximum atomic E-state index is 12.4. The van der Waals surface area contributed by atoms with Crippen LogP contribution in [0.3, 0.4) is 0 Å². The fourth-order valence-electron chi connectivity index (χ4n) is 3.73. The zero-order chi connectivity index (χ0) is 24.1. The van der Waals surface area contributed by atoms with Crippen LogP contribution in [-0.4, -0.2) is 87.0 Å². The Morgan fingerprint density at radius 1 is 1.27 bits per heavy atom. The van der Waals surface area contributed by atoms with Gasteiger partial charge in [0.2, 0.25) is 0 Å². The summed E-state index contributed by atoms with van der Waals surface area (Å²) < 4.78 is 33.0. The number of rotatable bonds is 7. The lowest BCUT2D eigenvalue weighted by atomic mass is 10.0. The van der Waals surface area contributed by atoms with Crippen molar-refractivity contribution in [3.8, 4) is 11.8 Å². The first-order chi connectivity index (χ1) is 15.6. The third kappa shape index (κ3) is 6.03. The lowest BCUT2D eigenvalue weighted by Gasteiger charge is -2.26. The molecule has 2 heterocycles. The molecule has 0 aliphatic carbocycles. The van der Waals surface area contributed by atoms with E-state index in [-0.39, 0.29) is 13.0 Å². The van der Waals surface area contributed by atoms with Gasteiger partial charge in [-0.05, 0) is 31.2 Å². The molecule has 2 fully saturated rings. The number of carbonyl (C=O) groups is 2. The van der Waals surface area contributed by atoms with Crippen LogP contribution in [0.4, 0.5) is 10.5 Å². The van der Waals surface area contributed by atoms with Crippen LogP contribution >= 0.6 is 0 Å². The number of morpholine rings is 1. The number of amides is 2. The number of ether oxygens (including phenoxy) is 2. The molecule has 0 saturated carbocycles. The Morgan fingerprint density at radius 2 is 1.94 bits per heavy atom. The highest BCUT2D eigenvalue weighted by atomic mass is 32.2. The van der Waals surface area contributed by atoms with Gasteiger partial charge in [-0.25, -0.2) is 18.7 Å². The Morgan fingerprint density at radius 3 is 2.55 bits per heavy atom. The lowest BCUT2D eigenvalue weighted by molar-refractivity contribution is -0.132. The molecule has 0 bridgehead atoms. The molecule has 33 heavy (non-hydrogen) atoms. The molecule has 2 N–H and O–H groups in total. The second kappa shape index (κ2) is 10.5. The first-order valence-corrected chi connectivity index (χ1v) is 12.5. The van der Waals surface area contributed by atoms with E-state index >= 15 is 0 Å². The van der Waals surface area contributed by atoms with Gasteiger partial charge in [0.05, 0.1) is 19.8 Å². The number of carbonyl (C=O) groups excluding carboxylic acids is 2. The molecule has 3 rings (SSSR count). The van der Waals surface area contributed by atoms with Crippen molar-refractivity contribution in [3.05, 3.63) is 29.8 Å². The van der Waals surface area contributed by atoms with Gasteiger partial charge in [-0.2, -0.15) is 0 Å². The van der Waals surface area contributed by atoms with E-state index in [1.807, 2.05) is 0 Å². The quantitative estimate of drug-likeness (QED) is 0.334. The highest BCUT2D eigenvalue weighted by Crippen LogP contribution is 2.30. The number of cyclic esters (lactones) is 1. The molecular formula is C22H29N3O7S. The summed E-state index contributed by atoms with van der Waals surface area (Å²) in [5, 5.41) is 8.96. The number of hydroxylamine groups is 1. The number of nitrogens with one attached hydrogen (secondary N) is 1. The third-order valence-corrected chi connectivity index (χ3v) is 7.95. The first kappa shape index (κ1) is 25.0. The van der Waals surface area contributed by atoms with E-state index in [9.17, 15) is 18.0 Å². The molecule has 2 unspecified atom stereocenters. The SMILES string of the molecule is CC(CC1CN(c2ccc(C#CCCN3CCOCC3)cc2)C(=O)O1)(C(=O)NO)S(C)(=O)=O. The minimum atomic E-state index is -3.89. The van der Waals surface area contributed by atoms with Crippen LogP contribution in [0, 0.1) is 11.8 Å². The molecule has 0 aromatic heterocycles. The predicted octanol–water partition coefficient (Wildman–Crippen LogP) is 0.784. The van der Waals surface area contributed by atoms with Gasteiger partial charge in [0, 0.05) is 50.0 Å². The van der Waals surface area contributed by atoms with E-state index in [2.05, 4.69) is 16.7 Å². The highest BCUT2D eigenvalue weighted by molar-refractivity contribution is 7.92. The standard InChI is InChI=1S/C22H29N3O7S/c1-22(20(26)23-28,33(2,29)30)15-19-16-25(21(27)32-19)18-8-6-17(7-9-18)5-3-4-10-24-11-13-31-14-12-24/h6-9,19,28H,4,10-16H2,1-2H3,(H,23,26). The second-order valence-electron chi connectivity index (χ2n) is 8.32. The third-order valence-electron chi connectivity index (χ3n) is 5.96. The first-order valence-electron chi connectivity index (χ1n) is 10.7. The zero-order valence-electron chi connectivity index (χ0n) is 18.7. The highest BCUT2D eigenvalue weighted by Gasteiger charge is 2.48. The summed E-state index contributed by atoms with van der Waals surface area (Å²) in [6.45, 7) is 5.54. The summed E-state index contributed by atoms with van der Waals surface area (Å²) in [6.07, 6.45) is -0.105. The molecule has 11 heteroatoms. The molecule has 1 aromatic rings. The molecular weight excluding hydrogens is 450 g/mol. The summed E-state index contributed by atoms with van der Waals surface area (Å²) in [5.41, 5.74) is 2.78. The number of nitrogens with zero attached hydrogens (tertiary/aromatic N) is 2. The van der Waals surface area contributed by atoms with E-state index < -0.39 is 32.7 Å². The maximum absolute atomic E-state index is 12.4. The normalized spacial score (nSPS) is 21.0. The fraction of sp³-hybridized carbons (Fsp3) is 0.545. The van der Waals surface area contributed by atoms with Gasteiger partial charge in [0.15, 0.2) is 14.6 Å². The number of benzene rings is 1. The van der Waals surface area contributed by atoms with E-state index in [0.717, 1.165) is 51.1 Å². The number of sulfone groups is 1. The zero-order valence-corrected chi connectivity index (χ0v) is 19.6. The van der Waals surface area contributed by atoms with Crippen molar-refractivity contribution in [2.45, 2.75) is 30.6 Å². The van der Waals surface area contributed by atoms with E-state index in [0.29, 0.717) is 5.69 Å². The molecule has 180 valence electrons. The topological polar surface area (TPSA) is 125 Å². The van der Waals surface area contributed by atoms with Crippen LogP contribution in [-0.2, 0) is 24.1 Å². The van der Waals surface area contributed by atoms with Gasteiger partial charge in [-0.1, -0.05) is 11.8 Å². The van der Waals surface area contributed by atoms with Crippen LogP contribution in [0.1, 0.15) is 25.3 Å². The van der Waals surface area contributed by atoms with Crippen molar-refractivity contribution in [2.24, 2.45) is 0 Å².